The zero-order valence-electron chi connectivity index (χ0n) is 23.1. The second kappa shape index (κ2) is 13.4. The Balaban J connectivity index is 0.00000141. The molecule has 2 fully saturated rings. The van der Waals surface area contributed by atoms with E-state index in [0.29, 0.717) is 11.0 Å². The second-order valence-corrected chi connectivity index (χ2v) is 8.68. The molecule has 1 saturated heterocycles. The largest absolute Gasteiger partial charge is 0.420 e. The summed E-state index contributed by atoms with van der Waals surface area (Å²) < 4.78 is 101. The van der Waals surface area contributed by atoms with E-state index in [1.807, 2.05) is 27.7 Å². The van der Waals surface area contributed by atoms with Crippen molar-refractivity contribution in [1.82, 2.24) is 4.90 Å². The third-order valence-electron chi connectivity index (χ3n) is 6.24. The van der Waals surface area contributed by atoms with Crippen LogP contribution in [-0.2, 0) is 12.4 Å². The number of carbonyl (C=O) groups is 2. The maximum absolute atomic E-state index is 14.0. The lowest BCUT2D eigenvalue weighted by atomic mass is 9.88. The minimum absolute atomic E-state index is 0.0172. The number of urea groups is 1. The number of hydrogen-bond acceptors (Lipinski definition) is 4. The first kappa shape index (κ1) is 33.7. The quantitative estimate of drug-likeness (QED) is 0.376. The van der Waals surface area contributed by atoms with Gasteiger partial charge in [-0.2, -0.15) is 26.3 Å². The molecule has 14 heteroatoms. The molecule has 0 atom stereocenters. The number of ether oxygens (including phenoxy) is 1. The van der Waals surface area contributed by atoms with E-state index in [9.17, 15) is 45.4 Å². The van der Waals surface area contributed by atoms with Crippen molar-refractivity contribution in [3.63, 3.8) is 0 Å². The van der Waals surface area contributed by atoms with Crippen molar-refractivity contribution in [2.24, 2.45) is 0 Å². The molecule has 1 aliphatic carbocycles. The third kappa shape index (κ3) is 7.60. The van der Waals surface area contributed by atoms with Crippen LogP contribution < -0.4 is 14.5 Å². The maximum Gasteiger partial charge on any atom is 0.420 e. The van der Waals surface area contributed by atoms with Gasteiger partial charge in [0.05, 0.1) is 17.4 Å². The highest BCUT2D eigenvalue weighted by Gasteiger charge is 2.46. The van der Waals surface area contributed by atoms with Crippen LogP contribution in [0.3, 0.4) is 0 Å². The zero-order chi connectivity index (χ0) is 31.3. The van der Waals surface area contributed by atoms with E-state index in [2.05, 4.69) is 0 Å². The predicted octanol–water partition coefficient (Wildman–Crippen LogP) is 7.32. The minimum atomic E-state index is -5.39. The number of alkyl halides is 6. The summed E-state index contributed by atoms with van der Waals surface area (Å²) in [6.45, 7) is 7.71. The fraction of sp³-hybridized carbons (Fsp3) is 0.481. The molecule has 0 aromatic heterocycles. The van der Waals surface area contributed by atoms with Crippen molar-refractivity contribution >= 4 is 23.5 Å². The Morgan fingerprint density at radius 2 is 1.51 bits per heavy atom. The lowest BCUT2D eigenvalue weighted by Gasteiger charge is -2.38. The van der Waals surface area contributed by atoms with E-state index in [4.69, 9.17) is 4.74 Å². The van der Waals surface area contributed by atoms with Crippen LogP contribution in [0.15, 0.2) is 36.4 Å². The van der Waals surface area contributed by atoms with Gasteiger partial charge in [-0.15, -0.1) is 0 Å². The number of carbonyl (C=O) groups excluding carboxylic acids is 2. The first-order valence-corrected chi connectivity index (χ1v) is 13.0. The Morgan fingerprint density at radius 3 is 2.00 bits per heavy atom. The second-order valence-electron chi connectivity index (χ2n) is 8.68. The highest BCUT2D eigenvalue weighted by Crippen LogP contribution is 2.47. The lowest BCUT2D eigenvalue weighted by Crippen LogP contribution is -2.48. The van der Waals surface area contributed by atoms with Crippen LogP contribution in [0, 0.1) is 5.82 Å². The normalized spacial score (nSPS) is 18.5. The molecule has 7 nitrogen and oxygen atoms in total. The molecule has 3 amide bonds. The SMILES string of the molecule is CC.CC.CN(C(=O)Oc1c(N2CCN(C3CC(O)C3)C2=O)cc(C(F)(F)F)cc1C(F)(F)F)c1ccc(F)cc1. The molecule has 2 aromatic carbocycles. The van der Waals surface area contributed by atoms with Crippen LogP contribution in [0.5, 0.6) is 5.75 Å². The number of halogens is 7. The number of rotatable bonds is 4. The molecule has 1 N–H and O–H groups in total. The van der Waals surface area contributed by atoms with Gasteiger partial charge >= 0.3 is 24.5 Å². The van der Waals surface area contributed by atoms with Crippen molar-refractivity contribution in [2.75, 3.05) is 29.9 Å². The summed E-state index contributed by atoms with van der Waals surface area (Å²) in [5, 5.41) is 9.52. The van der Waals surface area contributed by atoms with Crippen molar-refractivity contribution in [3.8, 4) is 5.75 Å². The molecule has 0 unspecified atom stereocenters. The van der Waals surface area contributed by atoms with Gasteiger partial charge in [0.2, 0.25) is 0 Å². The van der Waals surface area contributed by atoms with Crippen LogP contribution in [0.2, 0.25) is 0 Å². The summed E-state index contributed by atoms with van der Waals surface area (Å²) in [6, 6.07) is 3.09. The fourth-order valence-corrected chi connectivity index (χ4v) is 4.15. The van der Waals surface area contributed by atoms with Crippen molar-refractivity contribution in [2.45, 2.75) is 65.0 Å². The topological polar surface area (TPSA) is 73.3 Å². The average Bonchev–Trinajstić information content (AvgIpc) is 3.28. The van der Waals surface area contributed by atoms with Crippen molar-refractivity contribution < 1.29 is 50.2 Å². The standard InChI is InChI=1S/C23H20F7N3O4.2C2H6/c1-31(14-4-2-13(24)3-5-14)21(36)37-19-17(23(28,29)30)8-12(22(25,26)27)9-18(19)33-7-6-32(20(33)35)15-10-16(34)11-15;2*1-2/h2-5,8-9,15-16,34H,6-7,10-11H2,1H3;2*1-2H3. The molecule has 228 valence electrons. The van der Waals surface area contributed by atoms with E-state index < -0.39 is 65.0 Å². The molecule has 4 rings (SSSR count). The maximum atomic E-state index is 14.0. The predicted molar refractivity (Wildman–Crippen MR) is 138 cm³/mol. The Labute approximate surface area is 233 Å². The van der Waals surface area contributed by atoms with Gasteiger partial charge in [-0.25, -0.2) is 14.0 Å². The first-order chi connectivity index (χ1) is 19.2. The molecule has 2 aromatic rings. The summed E-state index contributed by atoms with van der Waals surface area (Å²) in [5.41, 5.74) is -4.44. The molecule has 2 aliphatic rings. The van der Waals surface area contributed by atoms with Gasteiger partial charge in [0.15, 0.2) is 5.75 Å². The summed E-state index contributed by atoms with van der Waals surface area (Å²) in [6.07, 6.45) is -12.2. The molecule has 1 heterocycles. The summed E-state index contributed by atoms with van der Waals surface area (Å²) >= 11 is 0. The van der Waals surface area contributed by atoms with Gasteiger partial charge in [0, 0.05) is 31.9 Å². The van der Waals surface area contributed by atoms with Gasteiger partial charge in [0.25, 0.3) is 0 Å². The van der Waals surface area contributed by atoms with Crippen LogP contribution >= 0.6 is 0 Å². The number of nitrogens with zero attached hydrogens (tertiary/aromatic N) is 3. The first-order valence-electron chi connectivity index (χ1n) is 13.0. The zero-order valence-corrected chi connectivity index (χ0v) is 23.1. The van der Waals surface area contributed by atoms with Gasteiger partial charge < -0.3 is 14.7 Å². The number of aliphatic hydroxyl groups excluding tert-OH is 1. The Kier molecular flexibility index (Phi) is 11.0. The lowest BCUT2D eigenvalue weighted by molar-refractivity contribution is -0.143. The molecular formula is C27H32F7N3O4. The summed E-state index contributed by atoms with van der Waals surface area (Å²) in [5.74, 6) is -1.92. The highest BCUT2D eigenvalue weighted by atomic mass is 19.4. The number of anilines is 2. The van der Waals surface area contributed by atoms with Crippen molar-refractivity contribution in [1.29, 1.82) is 0 Å². The van der Waals surface area contributed by atoms with Crippen molar-refractivity contribution in [3.05, 3.63) is 53.3 Å². The molecule has 0 bridgehead atoms. The number of aliphatic hydroxyl groups is 1. The summed E-state index contributed by atoms with van der Waals surface area (Å²) in [4.78, 5) is 28.4. The average molecular weight is 596 g/mol. The molecule has 0 radical (unpaired) electrons. The monoisotopic (exact) mass is 595 g/mol. The molecular weight excluding hydrogens is 563 g/mol. The molecule has 1 saturated carbocycles. The third-order valence-corrected chi connectivity index (χ3v) is 6.24. The fourth-order valence-electron chi connectivity index (χ4n) is 4.15. The number of hydrogen-bond donors (Lipinski definition) is 1. The van der Waals surface area contributed by atoms with Crippen LogP contribution in [0.25, 0.3) is 0 Å². The smallest absolute Gasteiger partial charge is 0.407 e. The van der Waals surface area contributed by atoms with E-state index >= 15 is 0 Å². The molecule has 1 aliphatic heterocycles. The van der Waals surface area contributed by atoms with E-state index in [-0.39, 0.29) is 37.7 Å². The summed E-state index contributed by atoms with van der Waals surface area (Å²) in [7, 11) is 1.11. The highest BCUT2D eigenvalue weighted by molar-refractivity contribution is 5.98. The van der Waals surface area contributed by atoms with Crippen LogP contribution in [-0.4, -0.2) is 54.4 Å². The van der Waals surface area contributed by atoms with Gasteiger partial charge in [0.1, 0.15) is 11.4 Å². The minimum Gasteiger partial charge on any atom is -0.407 e. The van der Waals surface area contributed by atoms with E-state index in [1.54, 1.807) is 0 Å². The van der Waals surface area contributed by atoms with Crippen LogP contribution in [0.4, 0.5) is 51.7 Å². The molecule has 0 spiro atoms. The Bertz CT molecular complexity index is 1200. The van der Waals surface area contributed by atoms with Crippen LogP contribution in [0.1, 0.15) is 51.7 Å². The van der Waals surface area contributed by atoms with Gasteiger partial charge in [-0.05, 0) is 49.2 Å². The van der Waals surface area contributed by atoms with E-state index in [0.717, 1.165) is 36.2 Å². The van der Waals surface area contributed by atoms with Gasteiger partial charge in [-0.3, -0.25) is 9.80 Å². The Hall–Kier alpha value is -3.55. The Morgan fingerprint density at radius 1 is 0.951 bits per heavy atom. The number of amides is 3. The van der Waals surface area contributed by atoms with E-state index in [1.165, 1.54) is 4.90 Å². The van der Waals surface area contributed by atoms with Gasteiger partial charge in [-0.1, -0.05) is 27.7 Å². The number of benzene rings is 2. The molecule has 41 heavy (non-hydrogen) atoms.